The quantitative estimate of drug-likeness (QED) is 0.518. The van der Waals surface area contributed by atoms with Crippen LogP contribution in [0.25, 0.3) is 0 Å². The van der Waals surface area contributed by atoms with E-state index in [0.29, 0.717) is 5.91 Å². The van der Waals surface area contributed by atoms with Gasteiger partial charge in [-0.2, -0.15) is 0 Å². The monoisotopic (exact) mass is 181 g/mol. The fraction of sp³-hybridized carbons (Fsp3) is 0.800. The second kappa shape index (κ2) is 2.98. The standard InChI is InChI=1S/C10H17N2O/c1-11-7-5-10(6-8-11)4-3-9(13)12(10)2/h1,3-8H2,2H3/q-1. The fourth-order valence-corrected chi connectivity index (χ4v) is 2.49. The van der Waals surface area contributed by atoms with Crippen LogP contribution >= 0.6 is 0 Å². The molecule has 0 aromatic rings. The lowest BCUT2D eigenvalue weighted by atomic mass is 9.85. The maximum absolute atomic E-state index is 11.4. The van der Waals surface area contributed by atoms with E-state index in [1.165, 1.54) is 0 Å². The van der Waals surface area contributed by atoms with Gasteiger partial charge in [-0.3, -0.25) is 11.8 Å². The van der Waals surface area contributed by atoms with Gasteiger partial charge >= 0.3 is 0 Å². The highest BCUT2D eigenvalue weighted by Crippen LogP contribution is 2.37. The molecule has 0 atom stereocenters. The zero-order valence-corrected chi connectivity index (χ0v) is 8.25. The molecule has 0 aromatic heterocycles. The Hall–Kier alpha value is -0.570. The predicted molar refractivity (Wildman–Crippen MR) is 50.9 cm³/mol. The highest BCUT2D eigenvalue weighted by atomic mass is 16.2. The molecule has 13 heavy (non-hydrogen) atoms. The summed E-state index contributed by atoms with van der Waals surface area (Å²) in [5.41, 5.74) is 0.186. The second-order valence-electron chi connectivity index (χ2n) is 4.30. The minimum atomic E-state index is 0.186. The van der Waals surface area contributed by atoms with Crippen molar-refractivity contribution in [1.29, 1.82) is 0 Å². The molecule has 2 rings (SSSR count). The van der Waals surface area contributed by atoms with Crippen molar-refractivity contribution in [2.75, 3.05) is 20.1 Å². The third-order valence-electron chi connectivity index (χ3n) is 3.68. The van der Waals surface area contributed by atoms with Crippen molar-refractivity contribution in [1.82, 2.24) is 9.80 Å². The molecule has 0 radical (unpaired) electrons. The first kappa shape index (κ1) is 9.00. The van der Waals surface area contributed by atoms with Gasteiger partial charge in [-0.05, 0) is 32.4 Å². The van der Waals surface area contributed by atoms with Crippen molar-refractivity contribution >= 4 is 5.91 Å². The molecule has 0 aromatic carbocycles. The maximum atomic E-state index is 11.4. The zero-order valence-electron chi connectivity index (χ0n) is 8.25. The smallest absolute Gasteiger partial charge is 0.222 e. The molecule has 2 saturated heterocycles. The molecule has 0 bridgehead atoms. The van der Waals surface area contributed by atoms with Crippen LogP contribution in [0.2, 0.25) is 0 Å². The lowest BCUT2D eigenvalue weighted by molar-refractivity contribution is -0.130. The van der Waals surface area contributed by atoms with Gasteiger partial charge < -0.3 is 9.80 Å². The SMILES string of the molecule is [CH2-]N1CCC2(CCC(=O)N2C)CC1. The molecule has 2 aliphatic heterocycles. The summed E-state index contributed by atoms with van der Waals surface area (Å²) < 4.78 is 0. The van der Waals surface area contributed by atoms with Gasteiger partial charge in [0.2, 0.25) is 5.91 Å². The van der Waals surface area contributed by atoms with E-state index in [9.17, 15) is 4.79 Å². The summed E-state index contributed by atoms with van der Waals surface area (Å²) in [6.45, 7) is 2.05. The predicted octanol–water partition coefficient (Wildman–Crippen LogP) is 0.865. The van der Waals surface area contributed by atoms with Crippen molar-refractivity contribution < 1.29 is 4.79 Å². The first-order valence-electron chi connectivity index (χ1n) is 4.96. The molecule has 2 fully saturated rings. The van der Waals surface area contributed by atoms with Gasteiger partial charge in [0.15, 0.2) is 0 Å². The van der Waals surface area contributed by atoms with Gasteiger partial charge in [0.05, 0.1) is 0 Å². The summed E-state index contributed by atoms with van der Waals surface area (Å²) in [6, 6.07) is 0. The molecule has 0 N–H and O–H groups in total. The van der Waals surface area contributed by atoms with Crippen LogP contribution in [0.5, 0.6) is 0 Å². The molecule has 3 nitrogen and oxygen atoms in total. The van der Waals surface area contributed by atoms with Crippen molar-refractivity contribution in [3.63, 3.8) is 0 Å². The van der Waals surface area contributed by atoms with Gasteiger partial charge in [0, 0.05) is 19.0 Å². The lowest BCUT2D eigenvalue weighted by Gasteiger charge is -2.45. The zero-order chi connectivity index (χ0) is 9.47. The van der Waals surface area contributed by atoms with Crippen molar-refractivity contribution in [2.45, 2.75) is 31.2 Å². The lowest BCUT2D eigenvalue weighted by Crippen LogP contribution is -2.50. The Morgan fingerprint density at radius 1 is 1.31 bits per heavy atom. The van der Waals surface area contributed by atoms with Crippen LogP contribution in [0.3, 0.4) is 0 Å². The average Bonchev–Trinajstić information content (AvgIpc) is 2.40. The number of hydrogen-bond donors (Lipinski definition) is 0. The largest absolute Gasteiger partial charge is 0.459 e. The van der Waals surface area contributed by atoms with E-state index in [4.69, 9.17) is 0 Å². The van der Waals surface area contributed by atoms with Crippen LogP contribution in [0, 0.1) is 7.05 Å². The highest BCUT2D eigenvalue weighted by molar-refractivity contribution is 5.79. The second-order valence-corrected chi connectivity index (χ2v) is 4.30. The third kappa shape index (κ3) is 1.35. The van der Waals surface area contributed by atoms with Crippen LogP contribution in [0.15, 0.2) is 0 Å². The highest BCUT2D eigenvalue weighted by Gasteiger charge is 2.43. The van der Waals surface area contributed by atoms with E-state index in [0.717, 1.165) is 38.8 Å². The van der Waals surface area contributed by atoms with E-state index in [1.54, 1.807) is 0 Å². The number of piperidine rings is 1. The molecular formula is C10H17N2O-. The Labute approximate surface area is 79.7 Å². The van der Waals surface area contributed by atoms with Crippen LogP contribution in [0.4, 0.5) is 0 Å². The van der Waals surface area contributed by atoms with Crippen molar-refractivity contribution in [3.8, 4) is 0 Å². The molecule has 3 heteroatoms. The number of nitrogens with zero attached hydrogens (tertiary/aromatic N) is 2. The molecule has 0 saturated carbocycles. The number of carbonyl (C=O) groups is 1. The van der Waals surface area contributed by atoms with E-state index < -0.39 is 0 Å². The minimum absolute atomic E-state index is 0.186. The van der Waals surface area contributed by atoms with Crippen LogP contribution in [-0.2, 0) is 4.79 Å². The van der Waals surface area contributed by atoms with Gasteiger partial charge in [-0.25, -0.2) is 0 Å². The molecule has 0 unspecified atom stereocenters. The molecule has 2 aliphatic rings. The maximum Gasteiger partial charge on any atom is 0.222 e. The molecular weight excluding hydrogens is 164 g/mol. The minimum Gasteiger partial charge on any atom is -0.459 e. The average molecular weight is 181 g/mol. The van der Waals surface area contributed by atoms with Gasteiger partial charge in [-0.1, -0.05) is 0 Å². The van der Waals surface area contributed by atoms with E-state index in [-0.39, 0.29) is 5.54 Å². The van der Waals surface area contributed by atoms with Gasteiger partial charge in [0.1, 0.15) is 0 Å². The summed E-state index contributed by atoms with van der Waals surface area (Å²) in [6.07, 6.45) is 3.99. The van der Waals surface area contributed by atoms with Crippen LogP contribution < -0.4 is 0 Å². The summed E-state index contributed by atoms with van der Waals surface area (Å²) >= 11 is 0. The molecule has 74 valence electrons. The Kier molecular flexibility index (Phi) is 2.06. The van der Waals surface area contributed by atoms with Crippen LogP contribution in [-0.4, -0.2) is 41.4 Å². The Morgan fingerprint density at radius 3 is 2.38 bits per heavy atom. The number of carbonyl (C=O) groups excluding carboxylic acids is 1. The first-order valence-corrected chi connectivity index (χ1v) is 4.96. The number of hydrogen-bond acceptors (Lipinski definition) is 2. The van der Waals surface area contributed by atoms with Crippen LogP contribution in [0.1, 0.15) is 25.7 Å². The summed E-state index contributed by atoms with van der Waals surface area (Å²) in [5, 5.41) is 0. The molecule has 1 amide bonds. The van der Waals surface area contributed by atoms with E-state index in [2.05, 4.69) is 11.9 Å². The summed E-state index contributed by atoms with van der Waals surface area (Å²) in [7, 11) is 5.88. The third-order valence-corrected chi connectivity index (χ3v) is 3.68. The Bertz CT molecular complexity index is 219. The normalized spacial score (nSPS) is 28.8. The summed E-state index contributed by atoms with van der Waals surface area (Å²) in [5.74, 6) is 0.317. The van der Waals surface area contributed by atoms with Gasteiger partial charge in [0.25, 0.3) is 0 Å². The fourth-order valence-electron chi connectivity index (χ4n) is 2.49. The topological polar surface area (TPSA) is 23.6 Å². The number of rotatable bonds is 0. The van der Waals surface area contributed by atoms with E-state index in [1.807, 2.05) is 11.9 Å². The van der Waals surface area contributed by atoms with E-state index >= 15 is 0 Å². The molecule has 1 spiro atoms. The van der Waals surface area contributed by atoms with Crippen molar-refractivity contribution in [3.05, 3.63) is 7.05 Å². The Balaban J connectivity index is 2.09. The Morgan fingerprint density at radius 2 is 1.92 bits per heavy atom. The molecule has 0 aliphatic carbocycles. The van der Waals surface area contributed by atoms with Crippen molar-refractivity contribution in [2.24, 2.45) is 0 Å². The first-order chi connectivity index (χ1) is 6.14. The van der Waals surface area contributed by atoms with Gasteiger partial charge in [-0.15, -0.1) is 0 Å². The molecule has 2 heterocycles. The number of likely N-dealkylation sites (tertiary alicyclic amines) is 2. The summed E-state index contributed by atoms with van der Waals surface area (Å²) in [4.78, 5) is 15.5. The number of amides is 1.